The van der Waals surface area contributed by atoms with Gasteiger partial charge in [-0.05, 0) is 35.2 Å². The molecule has 0 bridgehead atoms. The fourth-order valence-electron chi connectivity index (χ4n) is 3.24. The summed E-state index contributed by atoms with van der Waals surface area (Å²) in [5, 5.41) is 23.6. The van der Waals surface area contributed by atoms with Gasteiger partial charge in [-0.15, -0.1) is 10.2 Å². The minimum absolute atomic E-state index is 0.140. The van der Waals surface area contributed by atoms with Gasteiger partial charge in [0, 0.05) is 18.5 Å². The van der Waals surface area contributed by atoms with Crippen molar-refractivity contribution in [3.05, 3.63) is 54.1 Å². The maximum atomic E-state index is 12.6. The molecule has 1 aromatic heterocycles. The fourth-order valence-corrected chi connectivity index (χ4v) is 3.24. The highest BCUT2D eigenvalue weighted by Gasteiger charge is 2.25. The molecule has 0 aliphatic carbocycles. The van der Waals surface area contributed by atoms with Crippen molar-refractivity contribution in [2.24, 2.45) is 0 Å². The molecule has 1 heterocycles. The highest BCUT2D eigenvalue weighted by atomic mass is 16.4. The zero-order chi connectivity index (χ0) is 21.5. The first kappa shape index (κ1) is 21.2. The van der Waals surface area contributed by atoms with Crippen molar-refractivity contribution in [3.63, 3.8) is 0 Å². The lowest BCUT2D eigenvalue weighted by Crippen LogP contribution is -2.42. The smallest absolute Gasteiger partial charge is 0.326 e. The minimum Gasteiger partial charge on any atom is -0.480 e. The Morgan fingerprint density at radius 2 is 1.80 bits per heavy atom. The van der Waals surface area contributed by atoms with E-state index in [9.17, 15) is 14.7 Å². The molecule has 1 atom stereocenters. The summed E-state index contributed by atoms with van der Waals surface area (Å²) in [6, 6.07) is 14.6. The Hall–Kier alpha value is -3.55. The molecule has 0 saturated heterocycles. The molecule has 30 heavy (non-hydrogen) atoms. The molecule has 0 saturated carbocycles. The van der Waals surface area contributed by atoms with Crippen LogP contribution in [-0.4, -0.2) is 48.5 Å². The van der Waals surface area contributed by atoms with Crippen LogP contribution in [0.4, 0.5) is 0 Å². The number of H-pyrrole nitrogens is 1. The zero-order valence-electron chi connectivity index (χ0n) is 17.1. The lowest BCUT2D eigenvalue weighted by atomic mass is 9.98. The summed E-state index contributed by atoms with van der Waals surface area (Å²) in [6.07, 6.45) is 1.98. The van der Waals surface area contributed by atoms with Crippen LogP contribution in [0.2, 0.25) is 0 Å². The van der Waals surface area contributed by atoms with Crippen LogP contribution in [0.25, 0.3) is 22.5 Å². The van der Waals surface area contributed by atoms with E-state index in [-0.39, 0.29) is 12.5 Å². The van der Waals surface area contributed by atoms with Gasteiger partial charge in [0.1, 0.15) is 6.04 Å². The number of nitrogens with zero attached hydrogens (tertiary/aromatic N) is 4. The molecule has 0 unspecified atom stereocenters. The van der Waals surface area contributed by atoms with Gasteiger partial charge < -0.3 is 10.0 Å². The van der Waals surface area contributed by atoms with Crippen molar-refractivity contribution in [2.75, 3.05) is 0 Å². The van der Waals surface area contributed by atoms with Crippen LogP contribution in [0.1, 0.15) is 38.7 Å². The fraction of sp³-hybridized carbons (Fsp3) is 0.318. The van der Waals surface area contributed by atoms with Crippen LogP contribution in [0, 0.1) is 0 Å². The summed E-state index contributed by atoms with van der Waals surface area (Å²) in [4.78, 5) is 25.5. The molecule has 0 fully saturated rings. The molecule has 1 amide bonds. The van der Waals surface area contributed by atoms with E-state index in [2.05, 4.69) is 20.6 Å². The molecule has 3 rings (SSSR count). The van der Waals surface area contributed by atoms with Crippen LogP contribution in [0.3, 0.4) is 0 Å². The molecule has 0 aliphatic heterocycles. The summed E-state index contributed by atoms with van der Waals surface area (Å²) < 4.78 is 0. The van der Waals surface area contributed by atoms with Crippen molar-refractivity contribution >= 4 is 11.9 Å². The Balaban J connectivity index is 1.83. The summed E-state index contributed by atoms with van der Waals surface area (Å²) in [6.45, 7) is 3.80. The van der Waals surface area contributed by atoms with E-state index in [1.165, 1.54) is 4.90 Å². The summed E-state index contributed by atoms with van der Waals surface area (Å²) >= 11 is 0. The molecule has 156 valence electrons. The van der Waals surface area contributed by atoms with Crippen molar-refractivity contribution in [1.29, 1.82) is 0 Å². The molecule has 2 aromatic carbocycles. The Kier molecular flexibility index (Phi) is 6.90. The summed E-state index contributed by atoms with van der Waals surface area (Å²) in [7, 11) is 0. The maximum absolute atomic E-state index is 12.6. The number of carbonyl (C=O) groups excluding carboxylic acids is 1. The van der Waals surface area contributed by atoms with Gasteiger partial charge in [0.15, 0.2) is 0 Å². The Morgan fingerprint density at radius 3 is 2.40 bits per heavy atom. The van der Waals surface area contributed by atoms with E-state index in [1.54, 1.807) is 6.92 Å². The number of carboxylic acid groups (broad SMARTS) is 1. The van der Waals surface area contributed by atoms with Gasteiger partial charge in [0.05, 0.1) is 0 Å². The number of aliphatic carboxylic acids is 1. The highest BCUT2D eigenvalue weighted by Crippen LogP contribution is 2.30. The number of hydrogen-bond acceptors (Lipinski definition) is 5. The van der Waals surface area contributed by atoms with Crippen molar-refractivity contribution in [1.82, 2.24) is 25.5 Å². The molecule has 8 heteroatoms. The highest BCUT2D eigenvalue weighted by molar-refractivity contribution is 5.83. The predicted octanol–water partition coefficient (Wildman–Crippen LogP) is 3.53. The minimum atomic E-state index is -1.01. The third-order valence-corrected chi connectivity index (χ3v) is 5.02. The monoisotopic (exact) mass is 407 g/mol. The number of rotatable bonds is 9. The van der Waals surface area contributed by atoms with Gasteiger partial charge in [-0.1, -0.05) is 61.9 Å². The van der Waals surface area contributed by atoms with Crippen molar-refractivity contribution in [3.8, 4) is 22.5 Å². The van der Waals surface area contributed by atoms with Crippen molar-refractivity contribution in [2.45, 2.75) is 45.7 Å². The number of benzene rings is 2. The standard InChI is InChI=1S/C22H25N5O3/c1-3-4-9-20(28)27(15(2)22(29)30)14-16-10-12-17(13-11-16)18-7-5-6-8-19(18)21-23-25-26-24-21/h5-8,10-13,15H,3-4,9,14H2,1-2H3,(H,29,30)(H,23,24,25,26)/t15-/m0/s1. The Labute approximate surface area is 174 Å². The number of aromatic nitrogens is 4. The van der Waals surface area contributed by atoms with E-state index in [0.29, 0.717) is 12.2 Å². The number of tetrazole rings is 1. The second-order valence-corrected chi connectivity index (χ2v) is 7.12. The number of nitrogens with one attached hydrogen (secondary N) is 1. The third kappa shape index (κ3) is 4.89. The summed E-state index contributed by atoms with van der Waals surface area (Å²) in [5.41, 5.74) is 3.65. The largest absolute Gasteiger partial charge is 0.480 e. The van der Waals surface area contributed by atoms with Crippen LogP contribution in [0.15, 0.2) is 48.5 Å². The van der Waals surface area contributed by atoms with E-state index in [1.807, 2.05) is 55.5 Å². The number of amides is 1. The van der Waals surface area contributed by atoms with Gasteiger partial charge in [-0.2, -0.15) is 5.21 Å². The SMILES string of the molecule is CCCCC(=O)N(Cc1ccc(-c2ccccc2-c2nn[nH]n2)cc1)[C@@H](C)C(=O)O. The van der Waals surface area contributed by atoms with Crippen LogP contribution < -0.4 is 0 Å². The maximum Gasteiger partial charge on any atom is 0.326 e. The molecule has 2 N–H and O–H groups in total. The normalized spacial score (nSPS) is 11.8. The van der Waals surface area contributed by atoms with Gasteiger partial charge in [-0.25, -0.2) is 4.79 Å². The number of aromatic amines is 1. The average molecular weight is 407 g/mol. The van der Waals surface area contributed by atoms with E-state index in [0.717, 1.165) is 35.1 Å². The van der Waals surface area contributed by atoms with Crippen molar-refractivity contribution < 1.29 is 14.7 Å². The molecule has 0 aliphatic rings. The molecule has 0 spiro atoms. The molecule has 8 nitrogen and oxygen atoms in total. The number of carbonyl (C=O) groups is 2. The quantitative estimate of drug-likeness (QED) is 0.561. The van der Waals surface area contributed by atoms with Gasteiger partial charge >= 0.3 is 5.97 Å². The van der Waals surface area contributed by atoms with E-state index < -0.39 is 12.0 Å². The van der Waals surface area contributed by atoms with Gasteiger partial charge in [-0.3, -0.25) is 4.79 Å². The molecule has 0 radical (unpaired) electrons. The lowest BCUT2D eigenvalue weighted by Gasteiger charge is -2.27. The van der Waals surface area contributed by atoms with Crippen LogP contribution in [-0.2, 0) is 16.1 Å². The Morgan fingerprint density at radius 1 is 1.10 bits per heavy atom. The second kappa shape index (κ2) is 9.78. The van der Waals surface area contributed by atoms with E-state index >= 15 is 0 Å². The summed E-state index contributed by atoms with van der Waals surface area (Å²) in [5.74, 6) is -0.638. The predicted molar refractivity (Wildman–Crippen MR) is 112 cm³/mol. The Bertz CT molecular complexity index is 986. The second-order valence-electron chi connectivity index (χ2n) is 7.12. The first-order valence-corrected chi connectivity index (χ1v) is 9.95. The first-order chi connectivity index (χ1) is 14.5. The van der Waals surface area contributed by atoms with Gasteiger partial charge in [0.25, 0.3) is 0 Å². The molecular weight excluding hydrogens is 382 g/mol. The number of hydrogen-bond donors (Lipinski definition) is 2. The lowest BCUT2D eigenvalue weighted by molar-refractivity contribution is -0.150. The van der Waals surface area contributed by atoms with Crippen LogP contribution in [0.5, 0.6) is 0 Å². The first-order valence-electron chi connectivity index (χ1n) is 9.95. The third-order valence-electron chi connectivity index (χ3n) is 5.02. The molecule has 3 aromatic rings. The zero-order valence-corrected chi connectivity index (χ0v) is 17.1. The number of carboxylic acids is 1. The van der Waals surface area contributed by atoms with E-state index in [4.69, 9.17) is 0 Å². The topological polar surface area (TPSA) is 112 Å². The molecular formula is C22H25N5O3. The van der Waals surface area contributed by atoms with Crippen LogP contribution >= 0.6 is 0 Å². The average Bonchev–Trinajstić information content (AvgIpc) is 3.30. The number of unbranched alkanes of at least 4 members (excludes halogenated alkanes) is 1. The van der Waals surface area contributed by atoms with Gasteiger partial charge in [0.2, 0.25) is 11.7 Å².